The van der Waals surface area contributed by atoms with E-state index in [0.29, 0.717) is 11.5 Å². The number of rotatable bonds is 3. The summed E-state index contributed by atoms with van der Waals surface area (Å²) in [6.07, 6.45) is 5.34. The second-order valence-electron chi connectivity index (χ2n) is 6.64. The summed E-state index contributed by atoms with van der Waals surface area (Å²) in [5.74, 6) is -0.399. The van der Waals surface area contributed by atoms with Gasteiger partial charge in [0.05, 0.1) is 20.3 Å². The summed E-state index contributed by atoms with van der Waals surface area (Å²) in [5.41, 5.74) is 2.06. The third-order valence-electron chi connectivity index (χ3n) is 4.67. The molecule has 0 amide bonds. The van der Waals surface area contributed by atoms with Crippen LogP contribution in [0.25, 0.3) is 28.6 Å². The third kappa shape index (κ3) is 3.31. The number of hydrogen-bond donors (Lipinski definition) is 0. The molecule has 30 heavy (non-hydrogen) atoms. The second kappa shape index (κ2) is 7.36. The largest absolute Gasteiger partial charge is 0.437 e. The lowest BCUT2D eigenvalue weighted by atomic mass is 10.1. The molecule has 0 spiro atoms. The standard InChI is InChI=1S/C23H11Cl2NO3S/c24-17-10-14-15(11-18(17)25)22(28)16(21(14)27)8-13-9-19-23(29-13)26-20(30-19)7-6-12-4-2-1-3-5-12/h1-11H/b7-6+. The number of furan rings is 1. The quantitative estimate of drug-likeness (QED) is 0.253. The molecule has 0 saturated carbocycles. The van der Waals surface area contributed by atoms with Gasteiger partial charge in [0.25, 0.3) is 0 Å². The highest BCUT2D eigenvalue weighted by Gasteiger charge is 2.34. The van der Waals surface area contributed by atoms with Crippen molar-refractivity contribution in [1.82, 2.24) is 4.98 Å². The van der Waals surface area contributed by atoms with E-state index in [-0.39, 0.29) is 26.7 Å². The number of benzene rings is 2. The number of Topliss-reactive ketones (excluding diaryl/α,β-unsaturated/α-hetero) is 2. The van der Waals surface area contributed by atoms with E-state index in [4.69, 9.17) is 27.6 Å². The second-order valence-corrected chi connectivity index (χ2v) is 8.52. The molecule has 146 valence electrons. The van der Waals surface area contributed by atoms with Gasteiger partial charge in [0.2, 0.25) is 5.71 Å². The zero-order valence-electron chi connectivity index (χ0n) is 15.2. The van der Waals surface area contributed by atoms with Crippen molar-refractivity contribution in [3.63, 3.8) is 0 Å². The molecule has 7 heteroatoms. The monoisotopic (exact) mass is 451 g/mol. The minimum absolute atomic E-state index is 0.0222. The van der Waals surface area contributed by atoms with Crippen LogP contribution in [-0.2, 0) is 0 Å². The molecule has 0 fully saturated rings. The van der Waals surface area contributed by atoms with Gasteiger partial charge >= 0.3 is 0 Å². The van der Waals surface area contributed by atoms with Crippen molar-refractivity contribution in [2.75, 3.05) is 0 Å². The van der Waals surface area contributed by atoms with Crippen molar-refractivity contribution in [1.29, 1.82) is 0 Å². The van der Waals surface area contributed by atoms with Crippen LogP contribution in [-0.4, -0.2) is 16.6 Å². The molecule has 0 radical (unpaired) electrons. The number of halogens is 2. The molecule has 2 heterocycles. The number of fused-ring (bicyclic) bond motifs is 2. The van der Waals surface area contributed by atoms with Gasteiger partial charge in [-0.15, -0.1) is 11.3 Å². The predicted octanol–water partition coefficient (Wildman–Crippen LogP) is 6.83. The molecule has 0 aliphatic heterocycles. The number of thiazole rings is 1. The fraction of sp³-hybridized carbons (Fsp3) is 0. The van der Waals surface area contributed by atoms with E-state index in [9.17, 15) is 9.59 Å². The van der Waals surface area contributed by atoms with Crippen LogP contribution in [0.3, 0.4) is 0 Å². The van der Waals surface area contributed by atoms with Crippen molar-refractivity contribution >= 4 is 74.7 Å². The van der Waals surface area contributed by atoms with Crippen LogP contribution >= 0.6 is 34.5 Å². The van der Waals surface area contributed by atoms with Crippen molar-refractivity contribution in [2.24, 2.45) is 0 Å². The Morgan fingerprint density at radius 1 is 0.900 bits per heavy atom. The van der Waals surface area contributed by atoms with Gasteiger partial charge in [0, 0.05) is 17.2 Å². The van der Waals surface area contributed by atoms with Gasteiger partial charge < -0.3 is 4.42 Å². The molecule has 2 aromatic carbocycles. The Labute approximate surface area is 185 Å². The van der Waals surface area contributed by atoms with Crippen LogP contribution < -0.4 is 0 Å². The van der Waals surface area contributed by atoms with E-state index in [1.807, 2.05) is 42.5 Å². The van der Waals surface area contributed by atoms with Gasteiger partial charge in [0.15, 0.2) is 11.6 Å². The number of allylic oxidation sites excluding steroid dienone is 1. The van der Waals surface area contributed by atoms with E-state index < -0.39 is 11.6 Å². The lowest BCUT2D eigenvalue weighted by molar-refractivity contribution is 0.0990. The van der Waals surface area contributed by atoms with E-state index in [1.165, 1.54) is 29.5 Å². The Kier molecular flexibility index (Phi) is 4.66. The lowest BCUT2D eigenvalue weighted by Crippen LogP contribution is -1.99. The maximum Gasteiger partial charge on any atom is 0.238 e. The number of ketones is 2. The molecule has 0 saturated heterocycles. The van der Waals surface area contributed by atoms with Crippen molar-refractivity contribution in [2.45, 2.75) is 0 Å². The lowest BCUT2D eigenvalue weighted by Gasteiger charge is -1.98. The minimum Gasteiger partial charge on any atom is -0.437 e. The molecule has 0 unspecified atom stereocenters. The van der Waals surface area contributed by atoms with Gasteiger partial charge in [-0.3, -0.25) is 9.59 Å². The van der Waals surface area contributed by atoms with Gasteiger partial charge in [-0.2, -0.15) is 0 Å². The Morgan fingerprint density at radius 2 is 1.57 bits per heavy atom. The summed E-state index contributed by atoms with van der Waals surface area (Å²) in [6.45, 7) is 0. The first kappa shape index (κ1) is 19.0. The molecular weight excluding hydrogens is 441 g/mol. The van der Waals surface area contributed by atoms with E-state index in [0.717, 1.165) is 15.3 Å². The van der Waals surface area contributed by atoms with Crippen LogP contribution in [0.2, 0.25) is 10.0 Å². The number of nitrogens with zero attached hydrogens (tertiary/aromatic N) is 1. The molecule has 0 N–H and O–H groups in total. The summed E-state index contributed by atoms with van der Waals surface area (Å²) in [6, 6.07) is 14.5. The zero-order valence-corrected chi connectivity index (χ0v) is 17.5. The smallest absolute Gasteiger partial charge is 0.238 e. The molecule has 2 aromatic heterocycles. The molecule has 1 aliphatic carbocycles. The van der Waals surface area contributed by atoms with Gasteiger partial charge in [0.1, 0.15) is 10.8 Å². The Morgan fingerprint density at radius 3 is 2.20 bits per heavy atom. The summed E-state index contributed by atoms with van der Waals surface area (Å²) in [7, 11) is 0. The number of carbonyl (C=O) groups is 2. The topological polar surface area (TPSA) is 60.2 Å². The average Bonchev–Trinajstić information content (AvgIpc) is 3.35. The van der Waals surface area contributed by atoms with Crippen LogP contribution in [0.15, 0.2) is 58.5 Å². The van der Waals surface area contributed by atoms with E-state index in [2.05, 4.69) is 4.98 Å². The maximum atomic E-state index is 12.6. The van der Waals surface area contributed by atoms with Crippen LogP contribution in [0, 0.1) is 0 Å². The molecule has 4 nitrogen and oxygen atoms in total. The SMILES string of the molecule is O=C1C(=Cc2cc3sc(/C=C/c4ccccc4)nc3o2)C(=O)c2cc(Cl)c(Cl)cc21. The number of hydrogen-bond acceptors (Lipinski definition) is 5. The molecule has 1 aliphatic rings. The first-order valence-corrected chi connectivity index (χ1v) is 10.5. The first-order chi connectivity index (χ1) is 14.5. The van der Waals surface area contributed by atoms with Crippen molar-refractivity contribution in [3.05, 3.63) is 91.6 Å². The molecule has 5 rings (SSSR count). The van der Waals surface area contributed by atoms with Gasteiger partial charge in [-0.05, 0) is 29.8 Å². The van der Waals surface area contributed by atoms with Gasteiger partial charge in [-0.25, -0.2) is 4.98 Å². The first-order valence-electron chi connectivity index (χ1n) is 8.93. The van der Waals surface area contributed by atoms with Crippen molar-refractivity contribution in [3.8, 4) is 0 Å². The Bertz CT molecular complexity index is 1320. The molecule has 0 bridgehead atoms. The fourth-order valence-electron chi connectivity index (χ4n) is 3.23. The fourth-order valence-corrected chi connectivity index (χ4v) is 4.40. The third-order valence-corrected chi connectivity index (χ3v) is 6.34. The molecular formula is C23H11Cl2NO3S. The van der Waals surface area contributed by atoms with Crippen molar-refractivity contribution < 1.29 is 14.0 Å². The van der Waals surface area contributed by atoms with E-state index >= 15 is 0 Å². The predicted molar refractivity (Wildman–Crippen MR) is 120 cm³/mol. The highest BCUT2D eigenvalue weighted by Crippen LogP contribution is 2.35. The summed E-state index contributed by atoms with van der Waals surface area (Å²) >= 11 is 13.4. The summed E-state index contributed by atoms with van der Waals surface area (Å²) < 4.78 is 6.57. The number of aromatic nitrogens is 1. The van der Waals surface area contributed by atoms with E-state index in [1.54, 1.807) is 6.07 Å². The summed E-state index contributed by atoms with van der Waals surface area (Å²) in [5, 5.41) is 1.27. The Balaban J connectivity index is 1.44. The molecule has 0 atom stereocenters. The summed E-state index contributed by atoms with van der Waals surface area (Å²) in [4.78, 5) is 29.8. The van der Waals surface area contributed by atoms with Crippen LogP contribution in [0.1, 0.15) is 37.0 Å². The van der Waals surface area contributed by atoms with Gasteiger partial charge in [-0.1, -0.05) is 59.6 Å². The number of carbonyl (C=O) groups excluding carboxylic acids is 2. The maximum absolute atomic E-state index is 12.6. The highest BCUT2D eigenvalue weighted by molar-refractivity contribution is 7.19. The van der Waals surface area contributed by atoms with Crippen LogP contribution in [0.4, 0.5) is 0 Å². The van der Waals surface area contributed by atoms with Crippen LogP contribution in [0.5, 0.6) is 0 Å². The minimum atomic E-state index is -0.396. The average molecular weight is 452 g/mol. The normalized spacial score (nSPS) is 13.6. The Hall–Kier alpha value is -2.99. The zero-order chi connectivity index (χ0) is 20.8. The highest BCUT2D eigenvalue weighted by atomic mass is 35.5. The molecule has 4 aromatic rings.